The number of nitrogens with two attached hydrogens (primary N) is 1. The van der Waals surface area contributed by atoms with E-state index >= 15 is 0 Å². The van der Waals surface area contributed by atoms with Gasteiger partial charge in [-0.15, -0.1) is 11.3 Å². The van der Waals surface area contributed by atoms with Crippen molar-refractivity contribution in [2.45, 2.75) is 38.5 Å². The van der Waals surface area contributed by atoms with Crippen LogP contribution in [0.25, 0.3) is 0 Å². The second-order valence-electron chi connectivity index (χ2n) is 4.34. The van der Waals surface area contributed by atoms with Gasteiger partial charge < -0.3 is 15.8 Å². The zero-order valence-electron chi connectivity index (χ0n) is 9.74. The van der Waals surface area contributed by atoms with E-state index in [0.29, 0.717) is 12.6 Å². The van der Waals surface area contributed by atoms with E-state index < -0.39 is 0 Å². The minimum Gasteiger partial charge on any atom is -0.372 e. The molecule has 0 spiro atoms. The molecule has 1 fully saturated rings. The summed E-state index contributed by atoms with van der Waals surface area (Å²) in [4.78, 5) is 2.77. The van der Waals surface area contributed by atoms with Crippen molar-refractivity contribution < 1.29 is 4.74 Å². The van der Waals surface area contributed by atoms with Crippen molar-refractivity contribution in [2.75, 3.05) is 13.1 Å². The summed E-state index contributed by atoms with van der Waals surface area (Å²) in [5, 5.41) is 3.45. The molecule has 0 bridgehead atoms. The minimum absolute atomic E-state index is 0.288. The van der Waals surface area contributed by atoms with Gasteiger partial charge in [-0.25, -0.2) is 0 Å². The lowest BCUT2D eigenvalue weighted by Gasteiger charge is -2.12. The number of hydrogen-bond acceptors (Lipinski definition) is 4. The fourth-order valence-electron chi connectivity index (χ4n) is 2.04. The minimum atomic E-state index is 0.288. The Morgan fingerprint density at radius 2 is 2.25 bits per heavy atom. The molecule has 0 aliphatic carbocycles. The van der Waals surface area contributed by atoms with E-state index in [-0.39, 0.29) is 6.10 Å². The molecule has 1 saturated heterocycles. The number of ether oxygens (including phenoxy) is 1. The molecule has 1 aromatic rings. The second-order valence-corrected chi connectivity index (χ2v) is 5.71. The summed E-state index contributed by atoms with van der Waals surface area (Å²) in [6.45, 7) is 4.68. The van der Waals surface area contributed by atoms with Crippen molar-refractivity contribution in [3.63, 3.8) is 0 Å². The molecule has 16 heavy (non-hydrogen) atoms. The molecule has 0 radical (unpaired) electrons. The summed E-state index contributed by atoms with van der Waals surface area (Å²) in [6.07, 6.45) is 2.89. The summed E-state index contributed by atoms with van der Waals surface area (Å²) in [5.74, 6) is 0. The molecule has 90 valence electrons. The summed E-state index contributed by atoms with van der Waals surface area (Å²) in [5.41, 5.74) is 5.57. The first kappa shape index (κ1) is 12.0. The van der Waals surface area contributed by atoms with Crippen LogP contribution in [0.15, 0.2) is 12.1 Å². The van der Waals surface area contributed by atoms with Gasteiger partial charge in [0.1, 0.15) is 0 Å². The lowest BCUT2D eigenvalue weighted by Crippen LogP contribution is -2.28. The molecule has 0 amide bonds. The van der Waals surface area contributed by atoms with E-state index in [4.69, 9.17) is 10.5 Å². The van der Waals surface area contributed by atoms with Gasteiger partial charge >= 0.3 is 0 Å². The quantitative estimate of drug-likeness (QED) is 0.823. The Balaban J connectivity index is 1.65. The number of hydrogen-bond donors (Lipinski definition) is 2. The van der Waals surface area contributed by atoms with E-state index in [1.165, 1.54) is 9.75 Å². The van der Waals surface area contributed by atoms with E-state index in [0.717, 1.165) is 25.9 Å². The van der Waals surface area contributed by atoms with Gasteiger partial charge in [-0.2, -0.15) is 0 Å². The lowest BCUT2D eigenvalue weighted by atomic mass is 10.2. The van der Waals surface area contributed by atoms with Gasteiger partial charge in [0, 0.05) is 29.4 Å². The smallest absolute Gasteiger partial charge is 0.0704 e. The highest BCUT2D eigenvalue weighted by atomic mass is 32.1. The van der Waals surface area contributed by atoms with Crippen LogP contribution in [0.1, 0.15) is 22.6 Å². The average Bonchev–Trinajstić information content (AvgIpc) is 2.88. The third-order valence-corrected chi connectivity index (χ3v) is 3.93. The van der Waals surface area contributed by atoms with Gasteiger partial charge in [0.2, 0.25) is 0 Å². The average molecular weight is 240 g/mol. The van der Waals surface area contributed by atoms with Crippen molar-refractivity contribution in [2.24, 2.45) is 5.73 Å². The largest absolute Gasteiger partial charge is 0.372 e. The first-order chi connectivity index (χ1) is 7.78. The fraction of sp³-hybridized carbons (Fsp3) is 0.667. The molecular formula is C12H20N2OS. The molecule has 2 rings (SSSR count). The van der Waals surface area contributed by atoms with Crippen LogP contribution in [0.2, 0.25) is 0 Å². The Morgan fingerprint density at radius 3 is 2.88 bits per heavy atom. The highest BCUT2D eigenvalue weighted by Crippen LogP contribution is 2.18. The van der Waals surface area contributed by atoms with Crippen LogP contribution in [0.3, 0.4) is 0 Å². The highest BCUT2D eigenvalue weighted by Gasteiger charge is 2.23. The van der Waals surface area contributed by atoms with Crippen molar-refractivity contribution in [1.82, 2.24) is 5.32 Å². The molecule has 1 aliphatic rings. The molecule has 3 N–H and O–H groups in total. The Kier molecular flexibility index (Phi) is 4.35. The Morgan fingerprint density at radius 1 is 1.44 bits per heavy atom. The van der Waals surface area contributed by atoms with Gasteiger partial charge in [-0.3, -0.25) is 0 Å². The standard InChI is InChI=1S/C12H20N2OS/c1-9-2-5-12(16-9)8-14-7-11-4-3-10(6-13)15-11/h2,5,10-11,14H,3-4,6-8,13H2,1H3. The van der Waals surface area contributed by atoms with Gasteiger partial charge in [-0.05, 0) is 31.9 Å². The molecule has 3 nitrogen and oxygen atoms in total. The summed E-state index contributed by atoms with van der Waals surface area (Å²) in [7, 11) is 0. The lowest BCUT2D eigenvalue weighted by molar-refractivity contribution is 0.0504. The Labute approximate surface area is 101 Å². The molecule has 2 unspecified atom stereocenters. The van der Waals surface area contributed by atoms with Crippen molar-refractivity contribution in [1.29, 1.82) is 0 Å². The van der Waals surface area contributed by atoms with Crippen molar-refractivity contribution in [3.8, 4) is 0 Å². The summed E-state index contributed by atoms with van der Waals surface area (Å²) < 4.78 is 5.77. The Bertz CT molecular complexity index is 327. The number of thiophene rings is 1. The topological polar surface area (TPSA) is 47.3 Å². The maximum Gasteiger partial charge on any atom is 0.0704 e. The first-order valence-corrected chi connectivity index (χ1v) is 6.71. The molecule has 4 heteroatoms. The van der Waals surface area contributed by atoms with Gasteiger partial charge in [0.15, 0.2) is 0 Å². The molecule has 1 aromatic heterocycles. The van der Waals surface area contributed by atoms with Crippen LogP contribution in [0.4, 0.5) is 0 Å². The van der Waals surface area contributed by atoms with Crippen LogP contribution >= 0.6 is 11.3 Å². The van der Waals surface area contributed by atoms with E-state index in [2.05, 4.69) is 24.4 Å². The van der Waals surface area contributed by atoms with Crippen LogP contribution < -0.4 is 11.1 Å². The van der Waals surface area contributed by atoms with Gasteiger partial charge in [0.25, 0.3) is 0 Å². The predicted molar refractivity (Wildman–Crippen MR) is 67.7 cm³/mol. The second kappa shape index (κ2) is 5.77. The third-order valence-electron chi connectivity index (χ3n) is 2.93. The molecule has 0 saturated carbocycles. The number of aryl methyl sites for hydroxylation is 1. The monoisotopic (exact) mass is 240 g/mol. The molecule has 2 atom stereocenters. The molecule has 0 aromatic carbocycles. The van der Waals surface area contributed by atoms with Crippen LogP contribution in [-0.4, -0.2) is 25.3 Å². The van der Waals surface area contributed by atoms with Crippen molar-refractivity contribution in [3.05, 3.63) is 21.9 Å². The SMILES string of the molecule is Cc1ccc(CNCC2CCC(CN)O2)s1. The van der Waals surface area contributed by atoms with E-state index in [9.17, 15) is 0 Å². The maximum atomic E-state index is 5.77. The molecular weight excluding hydrogens is 220 g/mol. The maximum absolute atomic E-state index is 5.77. The zero-order valence-corrected chi connectivity index (χ0v) is 10.6. The van der Waals surface area contributed by atoms with E-state index in [1.807, 2.05) is 11.3 Å². The normalized spacial score (nSPS) is 25.1. The van der Waals surface area contributed by atoms with Crippen LogP contribution in [0.5, 0.6) is 0 Å². The Hall–Kier alpha value is -0.420. The third kappa shape index (κ3) is 3.28. The van der Waals surface area contributed by atoms with Gasteiger partial charge in [-0.1, -0.05) is 0 Å². The molecule has 1 aliphatic heterocycles. The van der Waals surface area contributed by atoms with Gasteiger partial charge in [0.05, 0.1) is 12.2 Å². The first-order valence-electron chi connectivity index (χ1n) is 5.89. The van der Waals surface area contributed by atoms with Crippen LogP contribution in [-0.2, 0) is 11.3 Å². The summed E-state index contributed by atoms with van der Waals surface area (Å²) >= 11 is 1.85. The fourth-order valence-corrected chi connectivity index (χ4v) is 2.90. The number of rotatable bonds is 5. The van der Waals surface area contributed by atoms with Crippen LogP contribution in [0, 0.1) is 6.92 Å². The predicted octanol–water partition coefficient (Wildman–Crippen LogP) is 1.65. The molecule has 2 heterocycles. The van der Waals surface area contributed by atoms with E-state index in [1.54, 1.807) is 0 Å². The highest BCUT2D eigenvalue weighted by molar-refractivity contribution is 7.11. The zero-order chi connectivity index (χ0) is 11.4. The number of nitrogens with one attached hydrogen (secondary N) is 1. The van der Waals surface area contributed by atoms with Crippen molar-refractivity contribution >= 4 is 11.3 Å². The summed E-state index contributed by atoms with van der Waals surface area (Å²) in [6, 6.07) is 4.35.